The summed E-state index contributed by atoms with van der Waals surface area (Å²) in [4.78, 5) is 13.6. The maximum atomic E-state index is 12.0. The number of ether oxygens (including phenoxy) is 1. The summed E-state index contributed by atoms with van der Waals surface area (Å²) in [6, 6.07) is 7.33. The number of aliphatic hydroxyl groups is 1. The van der Waals surface area contributed by atoms with Crippen LogP contribution in [0.4, 0.5) is 10.5 Å². The van der Waals surface area contributed by atoms with Crippen LogP contribution in [0.1, 0.15) is 18.4 Å². The van der Waals surface area contributed by atoms with Crippen molar-refractivity contribution in [3.8, 4) is 0 Å². The minimum Gasteiger partial charge on any atom is -0.391 e. The van der Waals surface area contributed by atoms with Crippen LogP contribution in [-0.2, 0) is 11.3 Å². The van der Waals surface area contributed by atoms with Crippen LogP contribution in [0, 0.1) is 5.92 Å². The Kier molecular flexibility index (Phi) is 4.98. The van der Waals surface area contributed by atoms with E-state index in [0.717, 1.165) is 24.1 Å². The van der Waals surface area contributed by atoms with Gasteiger partial charge in [0.15, 0.2) is 0 Å². The van der Waals surface area contributed by atoms with Crippen LogP contribution in [0.3, 0.4) is 0 Å². The van der Waals surface area contributed by atoms with Gasteiger partial charge in [0.05, 0.1) is 12.7 Å². The molecule has 5 nitrogen and oxygen atoms in total. The second-order valence-corrected chi connectivity index (χ2v) is 5.35. The van der Waals surface area contributed by atoms with E-state index >= 15 is 0 Å². The van der Waals surface area contributed by atoms with E-state index in [1.807, 2.05) is 24.3 Å². The van der Waals surface area contributed by atoms with Crippen molar-refractivity contribution in [1.82, 2.24) is 4.90 Å². The average Bonchev–Trinajstić information content (AvgIpc) is 3.23. The van der Waals surface area contributed by atoms with E-state index in [1.54, 1.807) is 14.2 Å². The van der Waals surface area contributed by atoms with Crippen LogP contribution in [0.15, 0.2) is 24.3 Å². The minimum absolute atomic E-state index is 0.209. The van der Waals surface area contributed by atoms with E-state index < -0.39 is 6.10 Å². The van der Waals surface area contributed by atoms with Gasteiger partial charge in [-0.3, -0.25) is 0 Å². The first kappa shape index (κ1) is 14.8. The average molecular weight is 278 g/mol. The topological polar surface area (TPSA) is 61.8 Å². The Bertz CT molecular complexity index is 460. The molecule has 1 aromatic carbocycles. The van der Waals surface area contributed by atoms with E-state index in [9.17, 15) is 9.90 Å². The van der Waals surface area contributed by atoms with Crippen molar-refractivity contribution in [2.75, 3.05) is 26.0 Å². The highest BCUT2D eigenvalue weighted by molar-refractivity contribution is 5.89. The fraction of sp³-hybridized carbons (Fsp3) is 0.533. The number of hydrogen-bond acceptors (Lipinski definition) is 3. The number of carbonyl (C=O) groups is 1. The number of aliphatic hydroxyl groups excluding tert-OH is 1. The molecule has 0 aromatic heterocycles. The Morgan fingerprint density at radius 1 is 1.55 bits per heavy atom. The van der Waals surface area contributed by atoms with Crippen molar-refractivity contribution in [2.24, 2.45) is 5.92 Å². The molecule has 110 valence electrons. The lowest BCUT2D eigenvalue weighted by Gasteiger charge is -2.21. The van der Waals surface area contributed by atoms with Crippen LogP contribution >= 0.6 is 0 Å². The quantitative estimate of drug-likeness (QED) is 0.837. The SMILES string of the molecule is COCc1cccc(NC(=O)N(C)CC(O)C2CC2)c1. The van der Waals surface area contributed by atoms with Gasteiger partial charge >= 0.3 is 6.03 Å². The van der Waals surface area contributed by atoms with Crippen molar-refractivity contribution in [3.63, 3.8) is 0 Å². The number of anilines is 1. The predicted molar refractivity (Wildman–Crippen MR) is 77.5 cm³/mol. The van der Waals surface area contributed by atoms with Crippen molar-refractivity contribution in [2.45, 2.75) is 25.6 Å². The highest BCUT2D eigenvalue weighted by atomic mass is 16.5. The van der Waals surface area contributed by atoms with Crippen LogP contribution in [0.25, 0.3) is 0 Å². The number of benzene rings is 1. The van der Waals surface area contributed by atoms with E-state index in [0.29, 0.717) is 19.1 Å². The zero-order valence-electron chi connectivity index (χ0n) is 12.0. The highest BCUT2D eigenvalue weighted by Gasteiger charge is 2.31. The molecule has 1 saturated carbocycles. The standard InChI is InChI=1S/C15H22N2O3/c1-17(9-14(18)12-6-7-12)15(19)16-13-5-3-4-11(8-13)10-20-2/h3-5,8,12,14,18H,6-7,9-10H2,1-2H3,(H,16,19). The summed E-state index contributed by atoms with van der Waals surface area (Å²) < 4.78 is 5.07. The minimum atomic E-state index is -0.412. The smallest absolute Gasteiger partial charge is 0.321 e. The lowest BCUT2D eigenvalue weighted by atomic mass is 10.2. The molecule has 5 heteroatoms. The molecule has 0 aliphatic heterocycles. The van der Waals surface area contributed by atoms with Gasteiger partial charge in [-0.15, -0.1) is 0 Å². The number of methoxy groups -OCH3 is 1. The van der Waals surface area contributed by atoms with Crippen molar-refractivity contribution in [1.29, 1.82) is 0 Å². The number of carbonyl (C=O) groups excluding carboxylic acids is 1. The first-order valence-electron chi connectivity index (χ1n) is 6.88. The third-order valence-corrected chi connectivity index (χ3v) is 3.46. The Hall–Kier alpha value is -1.59. The van der Waals surface area contributed by atoms with Crippen LogP contribution in [-0.4, -0.2) is 42.8 Å². The Labute approximate surface area is 119 Å². The van der Waals surface area contributed by atoms with Crippen LogP contribution in [0.5, 0.6) is 0 Å². The van der Waals surface area contributed by atoms with Gasteiger partial charge in [-0.25, -0.2) is 4.79 Å². The molecule has 1 aromatic rings. The molecule has 20 heavy (non-hydrogen) atoms. The number of likely N-dealkylation sites (N-methyl/N-ethyl adjacent to an activating group) is 1. The molecule has 1 unspecified atom stereocenters. The monoisotopic (exact) mass is 278 g/mol. The zero-order valence-corrected chi connectivity index (χ0v) is 12.0. The second kappa shape index (κ2) is 6.72. The van der Waals surface area contributed by atoms with Gasteiger partial charge in [-0.2, -0.15) is 0 Å². The molecular weight excluding hydrogens is 256 g/mol. The zero-order chi connectivity index (χ0) is 14.5. The molecule has 0 spiro atoms. The Balaban J connectivity index is 1.87. The molecular formula is C15H22N2O3. The fourth-order valence-corrected chi connectivity index (χ4v) is 2.12. The summed E-state index contributed by atoms with van der Waals surface area (Å²) in [6.45, 7) is 0.883. The number of hydrogen-bond donors (Lipinski definition) is 2. The van der Waals surface area contributed by atoms with E-state index in [2.05, 4.69) is 5.32 Å². The fourth-order valence-electron chi connectivity index (χ4n) is 2.12. The largest absolute Gasteiger partial charge is 0.391 e. The number of nitrogens with one attached hydrogen (secondary N) is 1. The summed E-state index contributed by atoms with van der Waals surface area (Å²) in [5.41, 5.74) is 1.74. The Morgan fingerprint density at radius 3 is 2.95 bits per heavy atom. The number of rotatable bonds is 6. The van der Waals surface area contributed by atoms with Gasteiger partial charge in [0, 0.05) is 26.4 Å². The van der Waals surface area contributed by atoms with Gasteiger partial charge in [0.1, 0.15) is 0 Å². The second-order valence-electron chi connectivity index (χ2n) is 5.35. The maximum Gasteiger partial charge on any atom is 0.321 e. The van der Waals surface area contributed by atoms with E-state index in [1.165, 1.54) is 4.90 Å². The first-order chi connectivity index (χ1) is 9.60. The molecule has 0 bridgehead atoms. The number of amides is 2. The molecule has 2 N–H and O–H groups in total. The van der Waals surface area contributed by atoms with Gasteiger partial charge in [0.25, 0.3) is 0 Å². The van der Waals surface area contributed by atoms with Crippen LogP contribution < -0.4 is 5.32 Å². The Morgan fingerprint density at radius 2 is 2.30 bits per heavy atom. The van der Waals surface area contributed by atoms with E-state index in [4.69, 9.17) is 4.74 Å². The lowest BCUT2D eigenvalue weighted by Crippen LogP contribution is -2.38. The lowest BCUT2D eigenvalue weighted by molar-refractivity contribution is 0.117. The molecule has 0 saturated heterocycles. The van der Waals surface area contributed by atoms with E-state index in [-0.39, 0.29) is 6.03 Å². The molecule has 2 rings (SSSR count). The molecule has 0 heterocycles. The van der Waals surface area contributed by atoms with Crippen molar-refractivity contribution in [3.05, 3.63) is 29.8 Å². The summed E-state index contributed by atoms with van der Waals surface area (Å²) in [5, 5.41) is 12.7. The normalized spacial score (nSPS) is 15.8. The molecule has 1 atom stereocenters. The van der Waals surface area contributed by atoms with Crippen LogP contribution in [0.2, 0.25) is 0 Å². The summed E-state index contributed by atoms with van der Waals surface area (Å²) in [6.07, 6.45) is 1.72. The van der Waals surface area contributed by atoms with Gasteiger partial charge in [0.2, 0.25) is 0 Å². The van der Waals surface area contributed by atoms with Gasteiger partial charge < -0.3 is 20.1 Å². The van der Waals surface area contributed by atoms with Crippen molar-refractivity contribution >= 4 is 11.7 Å². The van der Waals surface area contributed by atoms with Gasteiger partial charge in [-0.1, -0.05) is 12.1 Å². The summed E-state index contributed by atoms with van der Waals surface area (Å²) in [5.74, 6) is 0.371. The summed E-state index contributed by atoms with van der Waals surface area (Å²) in [7, 11) is 3.33. The third kappa shape index (κ3) is 4.21. The molecule has 0 radical (unpaired) electrons. The van der Waals surface area contributed by atoms with Crippen molar-refractivity contribution < 1.29 is 14.6 Å². The molecule has 1 aliphatic carbocycles. The number of urea groups is 1. The van der Waals surface area contributed by atoms with Gasteiger partial charge in [-0.05, 0) is 36.5 Å². The highest BCUT2D eigenvalue weighted by Crippen LogP contribution is 2.32. The third-order valence-electron chi connectivity index (χ3n) is 3.46. The predicted octanol–water partition coefficient (Wildman–Crippen LogP) is 2.07. The maximum absolute atomic E-state index is 12.0. The molecule has 2 amide bonds. The first-order valence-corrected chi connectivity index (χ1v) is 6.88. The summed E-state index contributed by atoms with van der Waals surface area (Å²) >= 11 is 0. The number of nitrogens with zero attached hydrogens (tertiary/aromatic N) is 1. The molecule has 1 fully saturated rings. The molecule has 1 aliphatic rings.